The summed E-state index contributed by atoms with van der Waals surface area (Å²) in [6.45, 7) is 5.27. The van der Waals surface area contributed by atoms with Gasteiger partial charge in [0, 0.05) is 11.3 Å². The van der Waals surface area contributed by atoms with Crippen molar-refractivity contribution in [2.75, 3.05) is 13.7 Å². The van der Waals surface area contributed by atoms with E-state index in [0.717, 1.165) is 0 Å². The molecule has 0 bridgehead atoms. The van der Waals surface area contributed by atoms with Gasteiger partial charge in [0.05, 0.1) is 18.7 Å². The summed E-state index contributed by atoms with van der Waals surface area (Å²) in [5, 5.41) is 5.32. The van der Waals surface area contributed by atoms with Gasteiger partial charge in [-0.25, -0.2) is 9.59 Å². The lowest BCUT2D eigenvalue weighted by Gasteiger charge is -2.28. The Morgan fingerprint density at radius 3 is 2.82 bits per heavy atom. The minimum atomic E-state index is -0.637. The number of carbonyl (C=O) groups is 2. The lowest BCUT2D eigenvalue weighted by molar-refractivity contribution is -0.138. The van der Waals surface area contributed by atoms with Gasteiger partial charge in [0.1, 0.15) is 12.4 Å². The number of ether oxygens (including phenoxy) is 2. The fourth-order valence-electron chi connectivity index (χ4n) is 2.31. The van der Waals surface area contributed by atoms with Crippen LogP contribution in [-0.4, -0.2) is 25.7 Å². The summed E-state index contributed by atoms with van der Waals surface area (Å²) in [5.74, 6) is 0.0670. The van der Waals surface area contributed by atoms with Gasteiger partial charge < -0.3 is 20.1 Å². The van der Waals surface area contributed by atoms with E-state index in [1.807, 2.05) is 12.1 Å². The van der Waals surface area contributed by atoms with E-state index in [4.69, 9.17) is 9.47 Å². The van der Waals surface area contributed by atoms with E-state index in [0.29, 0.717) is 22.6 Å². The van der Waals surface area contributed by atoms with E-state index >= 15 is 0 Å². The Kier molecular flexibility index (Phi) is 4.83. The van der Waals surface area contributed by atoms with Crippen molar-refractivity contribution in [1.82, 2.24) is 10.6 Å². The molecule has 1 unspecified atom stereocenters. The zero-order valence-electron chi connectivity index (χ0n) is 12.5. The summed E-state index contributed by atoms with van der Waals surface area (Å²) < 4.78 is 10.4. The number of benzene rings is 1. The molecule has 0 spiro atoms. The average Bonchev–Trinajstić information content (AvgIpc) is 2.51. The molecule has 6 nitrogen and oxygen atoms in total. The standard InChI is InChI=1S/C16H18N2O4/c1-4-9-22-15(19)13-10(2)17-16(20)18-14(13)11-7-5-6-8-12(11)21-3/h4-8,14H,1,9H2,2-3H3,(H2,17,18,20). The smallest absolute Gasteiger partial charge is 0.338 e. The molecule has 1 aliphatic heterocycles. The molecule has 1 aliphatic rings. The predicted molar refractivity (Wildman–Crippen MR) is 81.3 cm³/mol. The molecule has 2 N–H and O–H groups in total. The number of esters is 1. The molecule has 2 amide bonds. The Morgan fingerprint density at radius 2 is 2.14 bits per heavy atom. The predicted octanol–water partition coefficient (Wildman–Crippen LogP) is 2.05. The van der Waals surface area contributed by atoms with Gasteiger partial charge in [0.15, 0.2) is 0 Å². The molecule has 2 rings (SSSR count). The third-order valence-electron chi connectivity index (χ3n) is 3.27. The van der Waals surface area contributed by atoms with E-state index in [2.05, 4.69) is 17.2 Å². The number of methoxy groups -OCH3 is 1. The maximum atomic E-state index is 12.3. The molecule has 0 aliphatic carbocycles. The van der Waals surface area contributed by atoms with Crippen LogP contribution in [0.1, 0.15) is 18.5 Å². The quantitative estimate of drug-likeness (QED) is 0.644. The van der Waals surface area contributed by atoms with Gasteiger partial charge >= 0.3 is 12.0 Å². The molecule has 0 saturated heterocycles. The van der Waals surface area contributed by atoms with Gasteiger partial charge in [-0.3, -0.25) is 0 Å². The number of hydrogen-bond acceptors (Lipinski definition) is 4. The Balaban J connectivity index is 2.45. The summed E-state index contributed by atoms with van der Waals surface area (Å²) in [7, 11) is 1.54. The number of urea groups is 1. The Hall–Kier alpha value is -2.76. The summed E-state index contributed by atoms with van der Waals surface area (Å²) in [4.78, 5) is 24.1. The van der Waals surface area contributed by atoms with Crippen molar-refractivity contribution in [2.45, 2.75) is 13.0 Å². The van der Waals surface area contributed by atoms with E-state index in [-0.39, 0.29) is 12.6 Å². The fourth-order valence-corrected chi connectivity index (χ4v) is 2.31. The number of rotatable bonds is 5. The first-order chi connectivity index (χ1) is 10.6. The lowest BCUT2D eigenvalue weighted by Crippen LogP contribution is -2.45. The molecule has 22 heavy (non-hydrogen) atoms. The molecule has 1 atom stereocenters. The van der Waals surface area contributed by atoms with Crippen molar-refractivity contribution in [3.05, 3.63) is 53.8 Å². The second-order valence-corrected chi connectivity index (χ2v) is 4.70. The molecule has 116 valence electrons. The van der Waals surface area contributed by atoms with E-state index in [1.165, 1.54) is 13.2 Å². The van der Waals surface area contributed by atoms with Crippen molar-refractivity contribution in [3.63, 3.8) is 0 Å². The number of carbonyl (C=O) groups excluding carboxylic acids is 2. The summed E-state index contributed by atoms with van der Waals surface area (Å²) in [6, 6.07) is 6.18. The van der Waals surface area contributed by atoms with Gasteiger partial charge in [0.2, 0.25) is 0 Å². The van der Waals surface area contributed by atoms with Gasteiger partial charge in [0.25, 0.3) is 0 Å². The zero-order chi connectivity index (χ0) is 16.1. The molecule has 0 fully saturated rings. The highest BCUT2D eigenvalue weighted by atomic mass is 16.5. The highest BCUT2D eigenvalue weighted by molar-refractivity contribution is 5.95. The van der Waals surface area contributed by atoms with Crippen LogP contribution >= 0.6 is 0 Å². The number of nitrogens with one attached hydrogen (secondary N) is 2. The number of hydrogen-bond donors (Lipinski definition) is 2. The van der Waals surface area contributed by atoms with E-state index in [9.17, 15) is 9.59 Å². The SMILES string of the molecule is C=CCOC(=O)C1=C(C)NC(=O)NC1c1ccccc1OC. The van der Waals surface area contributed by atoms with Crippen LogP contribution < -0.4 is 15.4 Å². The molecule has 1 heterocycles. The minimum absolute atomic E-state index is 0.0994. The van der Waals surface area contributed by atoms with Crippen LogP contribution in [0, 0.1) is 0 Å². The highest BCUT2D eigenvalue weighted by Crippen LogP contribution is 2.33. The molecule has 0 radical (unpaired) electrons. The lowest BCUT2D eigenvalue weighted by atomic mass is 9.95. The van der Waals surface area contributed by atoms with Crippen LogP contribution in [-0.2, 0) is 9.53 Å². The normalized spacial score (nSPS) is 17.4. The molecular formula is C16H18N2O4. The fraction of sp³-hybridized carbons (Fsp3) is 0.250. The zero-order valence-corrected chi connectivity index (χ0v) is 12.5. The van der Waals surface area contributed by atoms with Crippen molar-refractivity contribution in [3.8, 4) is 5.75 Å². The molecule has 1 aromatic rings. The number of amides is 2. The van der Waals surface area contributed by atoms with Crippen molar-refractivity contribution >= 4 is 12.0 Å². The maximum absolute atomic E-state index is 12.3. The first kappa shape index (κ1) is 15.6. The largest absolute Gasteiger partial charge is 0.496 e. The molecular weight excluding hydrogens is 284 g/mol. The third kappa shape index (κ3) is 3.11. The van der Waals surface area contributed by atoms with E-state index in [1.54, 1.807) is 19.1 Å². The van der Waals surface area contributed by atoms with Crippen LogP contribution in [0.5, 0.6) is 5.75 Å². The second kappa shape index (κ2) is 6.80. The van der Waals surface area contributed by atoms with Gasteiger partial charge in [-0.15, -0.1) is 0 Å². The molecule has 0 aromatic heterocycles. The average molecular weight is 302 g/mol. The first-order valence-corrected chi connectivity index (χ1v) is 6.77. The Labute approximate surface area is 128 Å². The van der Waals surface area contributed by atoms with Crippen molar-refractivity contribution in [2.24, 2.45) is 0 Å². The highest BCUT2D eigenvalue weighted by Gasteiger charge is 2.33. The Bertz CT molecular complexity index is 637. The summed E-state index contributed by atoms with van der Waals surface area (Å²) in [6.07, 6.45) is 1.49. The van der Waals surface area contributed by atoms with Crippen LogP contribution in [0.25, 0.3) is 0 Å². The van der Waals surface area contributed by atoms with Gasteiger partial charge in [-0.05, 0) is 13.0 Å². The second-order valence-electron chi connectivity index (χ2n) is 4.70. The maximum Gasteiger partial charge on any atom is 0.338 e. The molecule has 0 saturated carbocycles. The summed E-state index contributed by atoms with van der Waals surface area (Å²) >= 11 is 0. The molecule has 1 aromatic carbocycles. The van der Waals surface area contributed by atoms with Gasteiger partial charge in [-0.1, -0.05) is 30.9 Å². The number of para-hydroxylation sites is 1. The third-order valence-corrected chi connectivity index (χ3v) is 3.27. The van der Waals surface area contributed by atoms with Crippen LogP contribution in [0.3, 0.4) is 0 Å². The minimum Gasteiger partial charge on any atom is -0.496 e. The topological polar surface area (TPSA) is 76.7 Å². The van der Waals surface area contributed by atoms with Crippen LogP contribution in [0.15, 0.2) is 48.2 Å². The van der Waals surface area contributed by atoms with Crippen molar-refractivity contribution < 1.29 is 19.1 Å². The Morgan fingerprint density at radius 1 is 1.41 bits per heavy atom. The van der Waals surface area contributed by atoms with Crippen LogP contribution in [0.2, 0.25) is 0 Å². The monoisotopic (exact) mass is 302 g/mol. The van der Waals surface area contributed by atoms with Crippen LogP contribution in [0.4, 0.5) is 4.79 Å². The first-order valence-electron chi connectivity index (χ1n) is 6.77. The van der Waals surface area contributed by atoms with Gasteiger partial charge in [-0.2, -0.15) is 0 Å². The summed E-state index contributed by atoms with van der Waals surface area (Å²) in [5.41, 5.74) is 1.48. The van der Waals surface area contributed by atoms with Crippen molar-refractivity contribution in [1.29, 1.82) is 0 Å². The number of allylic oxidation sites excluding steroid dienone is 1. The van der Waals surface area contributed by atoms with E-state index < -0.39 is 12.0 Å². The molecule has 6 heteroatoms.